The number of benzene rings is 1. The van der Waals surface area contributed by atoms with Crippen LogP contribution in [0.3, 0.4) is 0 Å². The SMILES string of the molecule is Cn1cc(-c2ccncc2C(=O)Nc2nnc(OCc3ccc(Cl)cc3)s2)ccc1=O. The van der Waals surface area contributed by atoms with Crippen molar-refractivity contribution < 1.29 is 9.53 Å². The van der Waals surface area contributed by atoms with E-state index in [2.05, 4.69) is 20.5 Å². The number of carbonyl (C=O) groups excluding carboxylic acids is 1. The van der Waals surface area contributed by atoms with E-state index in [9.17, 15) is 9.59 Å². The highest BCUT2D eigenvalue weighted by Crippen LogP contribution is 2.26. The highest BCUT2D eigenvalue weighted by Gasteiger charge is 2.16. The van der Waals surface area contributed by atoms with Gasteiger partial charge < -0.3 is 9.30 Å². The van der Waals surface area contributed by atoms with Crippen LogP contribution in [0.25, 0.3) is 11.1 Å². The summed E-state index contributed by atoms with van der Waals surface area (Å²) in [6, 6.07) is 12.1. The lowest BCUT2D eigenvalue weighted by atomic mass is 10.0. The fraction of sp³-hybridized carbons (Fsp3) is 0.0952. The van der Waals surface area contributed by atoms with E-state index in [-0.39, 0.29) is 5.56 Å². The van der Waals surface area contributed by atoms with Crippen LogP contribution in [0, 0.1) is 0 Å². The minimum Gasteiger partial charge on any atom is -0.464 e. The summed E-state index contributed by atoms with van der Waals surface area (Å²) in [4.78, 5) is 28.6. The van der Waals surface area contributed by atoms with Gasteiger partial charge in [0.1, 0.15) is 6.61 Å². The van der Waals surface area contributed by atoms with Crippen molar-refractivity contribution in [1.29, 1.82) is 0 Å². The Bertz CT molecular complexity index is 1290. The summed E-state index contributed by atoms with van der Waals surface area (Å²) in [5, 5.41) is 11.9. The summed E-state index contributed by atoms with van der Waals surface area (Å²) in [6.07, 6.45) is 4.72. The van der Waals surface area contributed by atoms with Gasteiger partial charge in [0.15, 0.2) is 0 Å². The molecule has 4 rings (SSSR count). The van der Waals surface area contributed by atoms with Crippen LogP contribution in [0.2, 0.25) is 5.02 Å². The van der Waals surface area contributed by atoms with Gasteiger partial charge >= 0.3 is 0 Å². The maximum atomic E-state index is 12.8. The quantitative estimate of drug-likeness (QED) is 0.477. The number of rotatable bonds is 6. The molecule has 0 aliphatic heterocycles. The van der Waals surface area contributed by atoms with Crippen LogP contribution in [-0.4, -0.2) is 25.7 Å². The van der Waals surface area contributed by atoms with Crippen LogP contribution in [0.4, 0.5) is 5.13 Å². The molecule has 0 aliphatic carbocycles. The molecule has 0 radical (unpaired) electrons. The Morgan fingerprint density at radius 2 is 1.97 bits per heavy atom. The van der Waals surface area contributed by atoms with Crippen molar-refractivity contribution in [1.82, 2.24) is 19.7 Å². The van der Waals surface area contributed by atoms with Crippen LogP contribution >= 0.6 is 22.9 Å². The van der Waals surface area contributed by atoms with Crippen LogP contribution in [0.1, 0.15) is 15.9 Å². The van der Waals surface area contributed by atoms with Gasteiger partial charge in [0.25, 0.3) is 11.1 Å². The third-order valence-corrected chi connectivity index (χ3v) is 5.37. The molecule has 0 atom stereocenters. The average molecular weight is 454 g/mol. The molecule has 0 saturated carbocycles. The molecule has 0 fully saturated rings. The number of anilines is 1. The number of carbonyl (C=O) groups is 1. The first kappa shape index (κ1) is 20.7. The number of aryl methyl sites for hydroxylation is 1. The number of amides is 1. The second-order valence-electron chi connectivity index (χ2n) is 6.53. The summed E-state index contributed by atoms with van der Waals surface area (Å²) in [7, 11) is 1.65. The van der Waals surface area contributed by atoms with Gasteiger partial charge in [0, 0.05) is 36.7 Å². The van der Waals surface area contributed by atoms with Gasteiger partial charge in [-0.3, -0.25) is 19.9 Å². The Kier molecular flexibility index (Phi) is 6.06. The second-order valence-corrected chi connectivity index (χ2v) is 7.91. The minimum atomic E-state index is -0.391. The van der Waals surface area contributed by atoms with Crippen LogP contribution in [0.15, 0.2) is 65.8 Å². The molecule has 0 spiro atoms. The summed E-state index contributed by atoms with van der Waals surface area (Å²) in [6.45, 7) is 0.305. The predicted molar refractivity (Wildman–Crippen MR) is 119 cm³/mol. The van der Waals surface area contributed by atoms with Crippen molar-refractivity contribution >= 4 is 34.0 Å². The second kappa shape index (κ2) is 9.07. The molecular formula is C21H16ClN5O3S. The van der Waals surface area contributed by atoms with E-state index in [0.717, 1.165) is 22.5 Å². The first-order valence-electron chi connectivity index (χ1n) is 9.13. The lowest BCUT2D eigenvalue weighted by Crippen LogP contribution is -2.16. The Balaban J connectivity index is 1.47. The summed E-state index contributed by atoms with van der Waals surface area (Å²) in [5.74, 6) is -0.391. The zero-order valence-electron chi connectivity index (χ0n) is 16.3. The van der Waals surface area contributed by atoms with Gasteiger partial charge in [-0.2, -0.15) is 0 Å². The van der Waals surface area contributed by atoms with E-state index in [0.29, 0.717) is 33.1 Å². The van der Waals surface area contributed by atoms with Crippen molar-refractivity contribution in [2.24, 2.45) is 7.05 Å². The Hall–Kier alpha value is -3.56. The predicted octanol–water partition coefficient (Wildman–Crippen LogP) is 3.78. The molecule has 3 aromatic heterocycles. The summed E-state index contributed by atoms with van der Waals surface area (Å²) < 4.78 is 7.07. The van der Waals surface area contributed by atoms with Crippen LogP contribution in [0.5, 0.6) is 5.19 Å². The van der Waals surface area contributed by atoms with Gasteiger partial charge in [0.2, 0.25) is 10.7 Å². The minimum absolute atomic E-state index is 0.135. The third-order valence-electron chi connectivity index (χ3n) is 4.37. The number of nitrogens with one attached hydrogen (secondary N) is 1. The number of halogens is 1. The lowest BCUT2D eigenvalue weighted by Gasteiger charge is -2.09. The summed E-state index contributed by atoms with van der Waals surface area (Å²) >= 11 is 6.99. The highest BCUT2D eigenvalue weighted by atomic mass is 35.5. The van der Waals surface area contributed by atoms with E-state index in [1.165, 1.54) is 16.8 Å². The zero-order valence-corrected chi connectivity index (χ0v) is 17.9. The van der Waals surface area contributed by atoms with Gasteiger partial charge in [0.05, 0.1) is 5.56 Å². The lowest BCUT2D eigenvalue weighted by molar-refractivity contribution is 0.102. The average Bonchev–Trinajstić information content (AvgIpc) is 3.22. The fourth-order valence-corrected chi connectivity index (χ4v) is 3.51. The highest BCUT2D eigenvalue weighted by molar-refractivity contribution is 7.17. The van der Waals surface area contributed by atoms with Crippen molar-refractivity contribution in [3.8, 4) is 16.3 Å². The molecule has 0 aliphatic rings. The molecule has 3 heterocycles. The van der Waals surface area contributed by atoms with Crippen molar-refractivity contribution in [3.05, 3.63) is 87.6 Å². The molecule has 10 heteroatoms. The van der Waals surface area contributed by atoms with Crippen LogP contribution in [-0.2, 0) is 13.7 Å². The number of aromatic nitrogens is 4. The van der Waals surface area contributed by atoms with Crippen molar-refractivity contribution in [2.45, 2.75) is 6.61 Å². The maximum absolute atomic E-state index is 12.8. The normalized spacial score (nSPS) is 10.6. The van der Waals surface area contributed by atoms with E-state index in [4.69, 9.17) is 16.3 Å². The largest absolute Gasteiger partial charge is 0.464 e. The molecule has 4 aromatic rings. The van der Waals surface area contributed by atoms with Gasteiger partial charge in [-0.15, -0.1) is 5.10 Å². The molecule has 8 nitrogen and oxygen atoms in total. The molecule has 31 heavy (non-hydrogen) atoms. The molecule has 156 valence electrons. The topological polar surface area (TPSA) is 99.0 Å². The zero-order chi connectivity index (χ0) is 21.8. The number of nitrogens with zero attached hydrogens (tertiary/aromatic N) is 4. The number of hydrogen-bond donors (Lipinski definition) is 1. The van der Waals surface area contributed by atoms with Gasteiger partial charge in [-0.05, 0) is 52.3 Å². The molecule has 1 amide bonds. The van der Waals surface area contributed by atoms with Crippen LogP contribution < -0.4 is 15.6 Å². The number of pyridine rings is 2. The standard InChI is InChI=1S/C21H16ClN5O3S/c1-27-11-14(4-7-18(27)28)16-8-9-23-10-17(16)19(29)24-20-25-26-21(31-20)30-12-13-2-5-15(22)6-3-13/h2-11H,12H2,1H3,(H,24,25,29). The Morgan fingerprint density at radius 3 is 2.74 bits per heavy atom. The first-order chi connectivity index (χ1) is 15.0. The third kappa shape index (κ3) is 4.96. The fourth-order valence-electron chi connectivity index (χ4n) is 2.79. The molecular weight excluding hydrogens is 438 g/mol. The molecule has 0 saturated heterocycles. The Morgan fingerprint density at radius 1 is 1.16 bits per heavy atom. The number of ether oxygens (including phenoxy) is 1. The van der Waals surface area contributed by atoms with Gasteiger partial charge in [-0.1, -0.05) is 28.8 Å². The summed E-state index contributed by atoms with van der Waals surface area (Å²) in [5.41, 5.74) is 2.51. The van der Waals surface area contributed by atoms with E-state index < -0.39 is 5.91 Å². The van der Waals surface area contributed by atoms with E-state index >= 15 is 0 Å². The Labute approximate surface area is 186 Å². The molecule has 1 aromatic carbocycles. The van der Waals surface area contributed by atoms with Crippen molar-refractivity contribution in [2.75, 3.05) is 5.32 Å². The molecule has 0 bridgehead atoms. The van der Waals surface area contributed by atoms with E-state index in [1.54, 1.807) is 43.7 Å². The molecule has 1 N–H and O–H groups in total. The smallest absolute Gasteiger partial charge is 0.296 e. The van der Waals surface area contributed by atoms with Crippen molar-refractivity contribution in [3.63, 3.8) is 0 Å². The van der Waals surface area contributed by atoms with Gasteiger partial charge in [-0.25, -0.2) is 0 Å². The first-order valence-corrected chi connectivity index (χ1v) is 10.3. The maximum Gasteiger partial charge on any atom is 0.296 e. The molecule has 0 unspecified atom stereocenters. The number of hydrogen-bond acceptors (Lipinski definition) is 7. The van der Waals surface area contributed by atoms with E-state index in [1.807, 2.05) is 12.1 Å². The monoisotopic (exact) mass is 453 g/mol.